The van der Waals surface area contributed by atoms with Crippen LogP contribution in [0, 0.1) is 0 Å². The van der Waals surface area contributed by atoms with E-state index in [9.17, 15) is 14.4 Å². The van der Waals surface area contributed by atoms with Crippen LogP contribution in [0.3, 0.4) is 0 Å². The number of amides is 3. The minimum Gasteiger partial charge on any atom is -0.271 e. The first-order valence-electron chi connectivity index (χ1n) is 6.47. The van der Waals surface area contributed by atoms with Crippen molar-refractivity contribution < 1.29 is 14.4 Å². The van der Waals surface area contributed by atoms with E-state index < -0.39 is 17.7 Å². The SMILES string of the molecule is O=C(CN1C(=O)c2ccccc2C1=O)NN=Cc1cccs1. The molecule has 22 heavy (non-hydrogen) atoms. The van der Waals surface area contributed by atoms with E-state index in [-0.39, 0.29) is 6.54 Å². The van der Waals surface area contributed by atoms with Crippen LogP contribution in [-0.4, -0.2) is 35.4 Å². The topological polar surface area (TPSA) is 78.8 Å². The van der Waals surface area contributed by atoms with E-state index >= 15 is 0 Å². The van der Waals surface area contributed by atoms with Crippen molar-refractivity contribution in [2.24, 2.45) is 5.10 Å². The molecule has 1 aromatic heterocycles. The molecule has 0 saturated heterocycles. The summed E-state index contributed by atoms with van der Waals surface area (Å²) in [6.07, 6.45) is 1.50. The predicted octanol–water partition coefficient (Wildman–Crippen LogP) is 1.49. The summed E-state index contributed by atoms with van der Waals surface area (Å²) in [5.74, 6) is -1.45. The van der Waals surface area contributed by atoms with E-state index in [0.29, 0.717) is 11.1 Å². The molecule has 7 heteroatoms. The molecule has 0 unspecified atom stereocenters. The largest absolute Gasteiger partial charge is 0.271 e. The van der Waals surface area contributed by atoms with Crippen molar-refractivity contribution >= 4 is 35.3 Å². The number of carbonyl (C=O) groups excluding carboxylic acids is 3. The van der Waals surface area contributed by atoms with E-state index in [0.717, 1.165) is 9.78 Å². The predicted molar refractivity (Wildman–Crippen MR) is 81.9 cm³/mol. The molecule has 1 aliphatic heterocycles. The highest BCUT2D eigenvalue weighted by Crippen LogP contribution is 2.21. The Morgan fingerprint density at radius 1 is 1.14 bits per heavy atom. The highest BCUT2D eigenvalue weighted by molar-refractivity contribution is 7.11. The third-order valence-corrected chi connectivity index (χ3v) is 3.91. The van der Waals surface area contributed by atoms with E-state index in [1.807, 2.05) is 17.5 Å². The molecule has 2 heterocycles. The summed E-state index contributed by atoms with van der Waals surface area (Å²) in [6, 6.07) is 10.2. The van der Waals surface area contributed by atoms with Gasteiger partial charge >= 0.3 is 0 Å². The monoisotopic (exact) mass is 313 g/mol. The molecule has 1 aliphatic rings. The number of nitrogens with one attached hydrogen (secondary N) is 1. The van der Waals surface area contributed by atoms with Crippen molar-refractivity contribution in [2.45, 2.75) is 0 Å². The number of fused-ring (bicyclic) bond motifs is 1. The van der Waals surface area contributed by atoms with Crippen LogP contribution in [0.1, 0.15) is 25.6 Å². The molecular formula is C15H11N3O3S. The Hall–Kier alpha value is -2.80. The van der Waals surface area contributed by atoms with Gasteiger partial charge in [0.1, 0.15) is 6.54 Å². The van der Waals surface area contributed by atoms with Gasteiger partial charge in [0.2, 0.25) is 0 Å². The van der Waals surface area contributed by atoms with Crippen LogP contribution in [0.2, 0.25) is 0 Å². The molecule has 0 spiro atoms. The standard InChI is InChI=1S/C15H11N3O3S/c19-13(17-16-8-10-4-3-7-22-10)9-18-14(20)11-5-1-2-6-12(11)15(18)21/h1-8H,9H2,(H,17,19). The Morgan fingerprint density at radius 3 is 2.41 bits per heavy atom. The Balaban J connectivity index is 1.63. The number of nitrogens with zero attached hydrogens (tertiary/aromatic N) is 2. The Kier molecular flexibility index (Phi) is 3.80. The minimum atomic E-state index is -0.526. The van der Waals surface area contributed by atoms with Gasteiger partial charge in [0.25, 0.3) is 17.7 Å². The molecule has 0 bridgehead atoms. The fraction of sp³-hybridized carbons (Fsp3) is 0.0667. The van der Waals surface area contributed by atoms with Crippen molar-refractivity contribution in [2.75, 3.05) is 6.54 Å². The molecule has 1 N–H and O–H groups in total. The number of carbonyl (C=O) groups is 3. The van der Waals surface area contributed by atoms with Gasteiger partial charge in [-0.2, -0.15) is 5.10 Å². The van der Waals surface area contributed by atoms with E-state index in [4.69, 9.17) is 0 Å². The zero-order valence-corrected chi connectivity index (χ0v) is 12.2. The van der Waals surface area contributed by atoms with Crippen molar-refractivity contribution in [3.05, 3.63) is 57.8 Å². The van der Waals surface area contributed by atoms with Crippen LogP contribution >= 0.6 is 11.3 Å². The number of hydrogen-bond acceptors (Lipinski definition) is 5. The summed E-state index contributed by atoms with van der Waals surface area (Å²) in [4.78, 5) is 37.8. The number of thiophene rings is 1. The maximum absolute atomic E-state index is 12.1. The van der Waals surface area contributed by atoms with Gasteiger partial charge in [0, 0.05) is 4.88 Å². The molecule has 1 aromatic carbocycles. The molecule has 6 nitrogen and oxygen atoms in total. The van der Waals surface area contributed by atoms with Gasteiger partial charge in [0.05, 0.1) is 17.3 Å². The smallest absolute Gasteiger partial charge is 0.262 e. The van der Waals surface area contributed by atoms with Gasteiger partial charge in [-0.15, -0.1) is 11.3 Å². The van der Waals surface area contributed by atoms with Gasteiger partial charge in [-0.1, -0.05) is 18.2 Å². The minimum absolute atomic E-state index is 0.322. The Bertz CT molecular complexity index is 733. The van der Waals surface area contributed by atoms with Crippen molar-refractivity contribution in [1.29, 1.82) is 0 Å². The lowest BCUT2D eigenvalue weighted by molar-refractivity contribution is -0.121. The number of hydrogen-bond donors (Lipinski definition) is 1. The molecule has 0 fully saturated rings. The van der Waals surface area contributed by atoms with Crippen LogP contribution < -0.4 is 5.43 Å². The molecule has 3 amide bonds. The van der Waals surface area contributed by atoms with Gasteiger partial charge < -0.3 is 0 Å². The van der Waals surface area contributed by atoms with Crippen LogP contribution in [0.5, 0.6) is 0 Å². The van der Waals surface area contributed by atoms with Gasteiger partial charge in [-0.3, -0.25) is 19.3 Å². The Morgan fingerprint density at radius 2 is 1.82 bits per heavy atom. The zero-order valence-electron chi connectivity index (χ0n) is 11.4. The Labute approximate surface area is 130 Å². The van der Waals surface area contributed by atoms with Crippen LogP contribution in [0.15, 0.2) is 46.9 Å². The van der Waals surface area contributed by atoms with Crippen LogP contribution in [0.4, 0.5) is 0 Å². The average Bonchev–Trinajstić information content (AvgIpc) is 3.11. The van der Waals surface area contributed by atoms with Crippen LogP contribution in [0.25, 0.3) is 0 Å². The molecule has 110 valence electrons. The van der Waals surface area contributed by atoms with E-state index in [2.05, 4.69) is 10.5 Å². The molecule has 0 aliphatic carbocycles. The number of hydrazone groups is 1. The van der Waals surface area contributed by atoms with Crippen molar-refractivity contribution in [3.63, 3.8) is 0 Å². The van der Waals surface area contributed by atoms with E-state index in [1.165, 1.54) is 17.6 Å². The summed E-state index contributed by atoms with van der Waals surface area (Å²) < 4.78 is 0. The second-order valence-electron chi connectivity index (χ2n) is 4.55. The number of imide groups is 1. The highest BCUT2D eigenvalue weighted by atomic mass is 32.1. The average molecular weight is 313 g/mol. The summed E-state index contributed by atoms with van der Waals surface area (Å²) in [7, 11) is 0. The van der Waals surface area contributed by atoms with Gasteiger partial charge in [-0.25, -0.2) is 5.43 Å². The summed E-state index contributed by atoms with van der Waals surface area (Å²) in [5, 5.41) is 5.68. The lowest BCUT2D eigenvalue weighted by Crippen LogP contribution is -2.38. The lowest BCUT2D eigenvalue weighted by atomic mass is 10.1. The lowest BCUT2D eigenvalue weighted by Gasteiger charge is -2.11. The first kappa shape index (κ1) is 14.2. The summed E-state index contributed by atoms with van der Waals surface area (Å²) in [5.41, 5.74) is 2.95. The van der Waals surface area contributed by atoms with Gasteiger partial charge in [0.15, 0.2) is 0 Å². The van der Waals surface area contributed by atoms with Gasteiger partial charge in [-0.05, 0) is 23.6 Å². The molecular weight excluding hydrogens is 302 g/mol. The maximum Gasteiger partial charge on any atom is 0.262 e. The second-order valence-corrected chi connectivity index (χ2v) is 5.53. The molecule has 0 saturated carbocycles. The zero-order chi connectivity index (χ0) is 15.5. The van der Waals surface area contributed by atoms with Crippen LogP contribution in [-0.2, 0) is 4.79 Å². The maximum atomic E-state index is 12.1. The van der Waals surface area contributed by atoms with Crippen molar-refractivity contribution in [1.82, 2.24) is 10.3 Å². The molecule has 3 rings (SSSR count). The quantitative estimate of drug-likeness (QED) is 0.528. The molecule has 0 atom stereocenters. The molecule has 0 radical (unpaired) electrons. The second kappa shape index (κ2) is 5.90. The summed E-state index contributed by atoms with van der Waals surface area (Å²) in [6.45, 7) is -0.353. The first-order valence-corrected chi connectivity index (χ1v) is 7.35. The third-order valence-electron chi connectivity index (χ3n) is 3.10. The number of rotatable bonds is 4. The van der Waals surface area contributed by atoms with E-state index in [1.54, 1.807) is 24.3 Å². The highest BCUT2D eigenvalue weighted by Gasteiger charge is 2.36. The fourth-order valence-corrected chi connectivity index (χ4v) is 2.68. The molecule has 2 aromatic rings. The fourth-order valence-electron chi connectivity index (χ4n) is 2.09. The normalized spacial score (nSPS) is 13.7. The summed E-state index contributed by atoms with van der Waals surface area (Å²) >= 11 is 1.48. The third kappa shape index (κ3) is 2.66. The first-order chi connectivity index (χ1) is 10.7. The van der Waals surface area contributed by atoms with Crippen molar-refractivity contribution in [3.8, 4) is 0 Å². The number of benzene rings is 1.